The van der Waals surface area contributed by atoms with Gasteiger partial charge in [0.05, 0.1) is 19.6 Å². The van der Waals surface area contributed by atoms with Gasteiger partial charge in [0, 0.05) is 26.2 Å². The molecule has 5 heteroatoms. The molecule has 0 aromatic heterocycles. The molecule has 21 heavy (non-hydrogen) atoms. The van der Waals surface area contributed by atoms with Crippen molar-refractivity contribution in [3.63, 3.8) is 0 Å². The van der Waals surface area contributed by atoms with Crippen LogP contribution in [0.5, 0.6) is 0 Å². The predicted octanol–water partition coefficient (Wildman–Crippen LogP) is 2.37. The number of nitrogens with zero attached hydrogens (tertiary/aromatic N) is 1. The summed E-state index contributed by atoms with van der Waals surface area (Å²) in [6.45, 7) is 2.75. The average molecular weight is 295 g/mol. The van der Waals surface area contributed by atoms with Crippen molar-refractivity contribution in [2.75, 3.05) is 26.8 Å². The molecule has 1 aliphatic rings. The van der Waals surface area contributed by atoms with Crippen LogP contribution in [0.2, 0.25) is 0 Å². The summed E-state index contributed by atoms with van der Waals surface area (Å²) >= 11 is 0. The monoisotopic (exact) mass is 295 g/mol. The highest BCUT2D eigenvalue weighted by atomic mass is 19.1. The molecule has 1 saturated heterocycles. The van der Waals surface area contributed by atoms with E-state index in [1.807, 2.05) is 6.07 Å². The van der Waals surface area contributed by atoms with Crippen LogP contribution in [0.4, 0.5) is 4.39 Å². The largest absolute Gasteiger partial charge is 0.469 e. The third-order valence-electron chi connectivity index (χ3n) is 3.64. The maximum atomic E-state index is 13.3. The highest BCUT2D eigenvalue weighted by molar-refractivity contribution is 5.69. The molecule has 0 spiro atoms. The second kappa shape index (κ2) is 8.10. The van der Waals surface area contributed by atoms with Crippen LogP contribution in [0.1, 0.15) is 24.8 Å². The summed E-state index contributed by atoms with van der Waals surface area (Å²) < 4.78 is 23.6. The molecule has 1 aromatic rings. The highest BCUT2D eigenvalue weighted by Crippen LogP contribution is 2.16. The second-order valence-corrected chi connectivity index (χ2v) is 5.33. The van der Waals surface area contributed by atoms with Crippen molar-refractivity contribution in [2.45, 2.75) is 31.9 Å². The first-order valence-corrected chi connectivity index (χ1v) is 7.32. The van der Waals surface area contributed by atoms with E-state index in [1.165, 1.54) is 19.2 Å². The maximum Gasteiger partial charge on any atom is 0.306 e. The maximum absolute atomic E-state index is 13.3. The molecule has 0 saturated carbocycles. The van der Waals surface area contributed by atoms with Crippen molar-refractivity contribution < 1.29 is 18.7 Å². The lowest BCUT2D eigenvalue weighted by atomic mass is 10.1. The number of carbonyl (C=O) groups is 1. The summed E-state index contributed by atoms with van der Waals surface area (Å²) in [5.41, 5.74) is 0.901. The Morgan fingerprint density at radius 3 is 3.05 bits per heavy atom. The summed E-state index contributed by atoms with van der Waals surface area (Å²) in [4.78, 5) is 13.4. The minimum absolute atomic E-state index is 0.205. The molecule has 1 unspecified atom stereocenters. The Morgan fingerprint density at radius 1 is 1.52 bits per heavy atom. The molecular formula is C16H22FNO3. The minimum Gasteiger partial charge on any atom is -0.469 e. The zero-order valence-corrected chi connectivity index (χ0v) is 12.4. The van der Waals surface area contributed by atoms with Crippen molar-refractivity contribution in [2.24, 2.45) is 0 Å². The molecule has 0 bridgehead atoms. The fourth-order valence-electron chi connectivity index (χ4n) is 2.56. The van der Waals surface area contributed by atoms with E-state index >= 15 is 0 Å². The summed E-state index contributed by atoms with van der Waals surface area (Å²) in [6, 6.07) is 6.56. The molecule has 1 atom stereocenters. The van der Waals surface area contributed by atoms with E-state index in [1.54, 1.807) is 6.07 Å². The smallest absolute Gasteiger partial charge is 0.306 e. The van der Waals surface area contributed by atoms with E-state index in [2.05, 4.69) is 9.64 Å². The first-order valence-electron chi connectivity index (χ1n) is 7.32. The Morgan fingerprint density at radius 2 is 2.38 bits per heavy atom. The molecule has 4 nitrogen and oxygen atoms in total. The van der Waals surface area contributed by atoms with E-state index in [4.69, 9.17) is 4.74 Å². The van der Waals surface area contributed by atoms with Crippen LogP contribution in [0, 0.1) is 5.82 Å². The van der Waals surface area contributed by atoms with Gasteiger partial charge in [0.2, 0.25) is 0 Å². The lowest BCUT2D eigenvalue weighted by Gasteiger charge is -2.25. The summed E-state index contributed by atoms with van der Waals surface area (Å²) in [7, 11) is 1.39. The number of carbonyl (C=O) groups excluding carboxylic acids is 1. The molecule has 1 heterocycles. The van der Waals surface area contributed by atoms with E-state index < -0.39 is 0 Å². The summed E-state index contributed by atoms with van der Waals surface area (Å²) in [6.07, 6.45) is 2.66. The van der Waals surface area contributed by atoms with Gasteiger partial charge in [0.15, 0.2) is 0 Å². The number of ether oxygens (including phenoxy) is 2. The Bertz CT molecular complexity index is 461. The van der Waals surface area contributed by atoms with Gasteiger partial charge in [-0.2, -0.15) is 0 Å². The molecule has 0 N–H and O–H groups in total. The number of halogens is 1. The van der Waals surface area contributed by atoms with Gasteiger partial charge >= 0.3 is 5.97 Å². The summed E-state index contributed by atoms with van der Waals surface area (Å²) in [5.74, 6) is -0.468. The number of hydrogen-bond donors (Lipinski definition) is 0. The fourth-order valence-corrected chi connectivity index (χ4v) is 2.56. The number of methoxy groups -OCH3 is 1. The van der Waals surface area contributed by atoms with Crippen LogP contribution in [-0.2, 0) is 20.8 Å². The Labute approximate surface area is 124 Å². The van der Waals surface area contributed by atoms with E-state index in [-0.39, 0.29) is 17.9 Å². The molecule has 0 aliphatic carbocycles. The molecule has 0 radical (unpaired) electrons. The lowest BCUT2D eigenvalue weighted by molar-refractivity contribution is -0.141. The molecule has 1 fully saturated rings. The molecule has 0 amide bonds. The van der Waals surface area contributed by atoms with Crippen LogP contribution in [0.15, 0.2) is 24.3 Å². The number of esters is 1. The van der Waals surface area contributed by atoms with Gasteiger partial charge in [-0.25, -0.2) is 4.39 Å². The van der Waals surface area contributed by atoms with Gasteiger partial charge in [-0.05, 0) is 30.5 Å². The van der Waals surface area contributed by atoms with E-state index in [9.17, 15) is 9.18 Å². The third kappa shape index (κ3) is 5.44. The van der Waals surface area contributed by atoms with Gasteiger partial charge in [0.1, 0.15) is 5.82 Å². The molecule has 1 aliphatic heterocycles. The standard InChI is InChI=1S/C16H22FNO3/c1-20-16(19)7-8-18(12-15-6-3-9-21-15)11-13-4-2-5-14(17)10-13/h2,4-5,10,15H,3,6-9,11-12H2,1H3. The van der Waals surface area contributed by atoms with Gasteiger partial charge in [-0.15, -0.1) is 0 Å². The highest BCUT2D eigenvalue weighted by Gasteiger charge is 2.20. The Balaban J connectivity index is 1.94. The van der Waals surface area contributed by atoms with Crippen LogP contribution >= 0.6 is 0 Å². The Hall–Kier alpha value is -1.46. The first kappa shape index (κ1) is 15.9. The van der Waals surface area contributed by atoms with Gasteiger partial charge in [-0.1, -0.05) is 12.1 Å². The van der Waals surface area contributed by atoms with E-state index in [0.717, 1.165) is 31.6 Å². The van der Waals surface area contributed by atoms with Gasteiger partial charge < -0.3 is 9.47 Å². The van der Waals surface area contributed by atoms with Crippen molar-refractivity contribution in [3.05, 3.63) is 35.6 Å². The molecule has 2 rings (SSSR count). The van der Waals surface area contributed by atoms with Crippen LogP contribution in [-0.4, -0.2) is 43.8 Å². The third-order valence-corrected chi connectivity index (χ3v) is 3.64. The summed E-state index contributed by atoms with van der Waals surface area (Å²) in [5, 5.41) is 0. The zero-order chi connectivity index (χ0) is 15.1. The average Bonchev–Trinajstić information content (AvgIpc) is 2.97. The minimum atomic E-state index is -0.238. The van der Waals surface area contributed by atoms with Crippen molar-refractivity contribution >= 4 is 5.97 Å². The molecular weight excluding hydrogens is 273 g/mol. The van der Waals surface area contributed by atoms with Crippen LogP contribution in [0.25, 0.3) is 0 Å². The van der Waals surface area contributed by atoms with Crippen molar-refractivity contribution in [3.8, 4) is 0 Å². The number of hydrogen-bond acceptors (Lipinski definition) is 4. The fraction of sp³-hybridized carbons (Fsp3) is 0.562. The Kier molecular flexibility index (Phi) is 6.14. The van der Waals surface area contributed by atoms with Crippen molar-refractivity contribution in [1.29, 1.82) is 0 Å². The van der Waals surface area contributed by atoms with Crippen molar-refractivity contribution in [1.82, 2.24) is 4.90 Å². The first-order chi connectivity index (χ1) is 10.2. The number of rotatable bonds is 7. The second-order valence-electron chi connectivity index (χ2n) is 5.33. The normalized spacial score (nSPS) is 18.1. The van der Waals surface area contributed by atoms with Crippen LogP contribution < -0.4 is 0 Å². The molecule has 116 valence electrons. The molecule has 1 aromatic carbocycles. The predicted molar refractivity (Wildman–Crippen MR) is 77.3 cm³/mol. The zero-order valence-electron chi connectivity index (χ0n) is 12.4. The van der Waals surface area contributed by atoms with Gasteiger partial charge in [0.25, 0.3) is 0 Å². The SMILES string of the molecule is COC(=O)CCN(Cc1cccc(F)c1)CC1CCCO1. The van der Waals surface area contributed by atoms with Gasteiger partial charge in [-0.3, -0.25) is 9.69 Å². The van der Waals surface area contributed by atoms with Crippen LogP contribution in [0.3, 0.4) is 0 Å². The lowest BCUT2D eigenvalue weighted by Crippen LogP contribution is -2.33. The number of benzene rings is 1. The van der Waals surface area contributed by atoms with E-state index in [0.29, 0.717) is 19.5 Å². The topological polar surface area (TPSA) is 38.8 Å². The quantitative estimate of drug-likeness (QED) is 0.724.